The lowest BCUT2D eigenvalue weighted by atomic mass is 10.0. The number of rotatable bonds is 8. The molecule has 7 nitrogen and oxygen atoms in total. The van der Waals surface area contributed by atoms with Crippen molar-refractivity contribution in [2.24, 2.45) is 0 Å². The largest absolute Gasteiger partial charge is 0.355 e. The number of carbonyl (C=O) groups excluding carboxylic acids is 2. The van der Waals surface area contributed by atoms with E-state index in [1.807, 2.05) is 36.5 Å². The second-order valence-electron chi connectivity index (χ2n) is 7.83. The van der Waals surface area contributed by atoms with Crippen LogP contribution in [0, 0.1) is 5.82 Å². The summed E-state index contributed by atoms with van der Waals surface area (Å²) >= 11 is 0. The summed E-state index contributed by atoms with van der Waals surface area (Å²) in [5, 5.41) is 10.1. The van der Waals surface area contributed by atoms with Crippen LogP contribution >= 0.6 is 0 Å². The van der Waals surface area contributed by atoms with Crippen LogP contribution in [0.15, 0.2) is 85.7 Å². The first-order valence-electron chi connectivity index (χ1n) is 11.0. The summed E-state index contributed by atoms with van der Waals surface area (Å²) in [5.74, 6) is -0.763. The Morgan fingerprint density at radius 1 is 1.09 bits per heavy atom. The predicted molar refractivity (Wildman–Crippen MR) is 132 cm³/mol. The minimum atomic E-state index is -0.322. The molecule has 2 heterocycles. The number of pyridine rings is 1. The maximum absolute atomic E-state index is 13.4. The lowest BCUT2D eigenvalue weighted by Crippen LogP contribution is -2.20. The Balaban J connectivity index is 1.66. The number of benzene rings is 2. The number of nitrogens with one attached hydrogen (secondary N) is 2. The van der Waals surface area contributed by atoms with E-state index in [-0.39, 0.29) is 24.2 Å². The highest BCUT2D eigenvalue weighted by Crippen LogP contribution is 2.27. The molecular formula is C27H24FN5O2. The van der Waals surface area contributed by atoms with E-state index in [1.54, 1.807) is 36.1 Å². The molecule has 0 aliphatic heterocycles. The molecule has 0 unspecified atom stereocenters. The quantitative estimate of drug-likeness (QED) is 0.382. The van der Waals surface area contributed by atoms with Gasteiger partial charge in [-0.3, -0.25) is 19.3 Å². The Kier molecular flexibility index (Phi) is 7.11. The van der Waals surface area contributed by atoms with Gasteiger partial charge in [-0.15, -0.1) is 0 Å². The zero-order valence-corrected chi connectivity index (χ0v) is 19.2. The minimum Gasteiger partial charge on any atom is -0.355 e. The van der Waals surface area contributed by atoms with Crippen LogP contribution in [0.5, 0.6) is 0 Å². The van der Waals surface area contributed by atoms with Crippen molar-refractivity contribution in [3.05, 3.63) is 108 Å². The zero-order chi connectivity index (χ0) is 24.8. The molecular weight excluding hydrogens is 445 g/mol. The molecule has 2 aromatic heterocycles. The molecule has 0 spiro atoms. The van der Waals surface area contributed by atoms with Gasteiger partial charge < -0.3 is 10.6 Å². The molecule has 0 radical (unpaired) electrons. The van der Waals surface area contributed by atoms with E-state index in [0.29, 0.717) is 23.5 Å². The van der Waals surface area contributed by atoms with Crippen molar-refractivity contribution in [1.29, 1.82) is 0 Å². The van der Waals surface area contributed by atoms with Gasteiger partial charge in [0.05, 0.1) is 17.9 Å². The van der Waals surface area contributed by atoms with E-state index < -0.39 is 0 Å². The number of nitrogens with zero attached hydrogens (tertiary/aromatic N) is 3. The fraction of sp³-hybridized carbons (Fsp3) is 0.111. The maximum Gasteiger partial charge on any atom is 0.251 e. The van der Waals surface area contributed by atoms with Gasteiger partial charge in [-0.1, -0.05) is 18.7 Å². The molecule has 0 bridgehead atoms. The topological polar surface area (TPSA) is 88.9 Å². The van der Waals surface area contributed by atoms with E-state index in [0.717, 1.165) is 22.3 Å². The van der Waals surface area contributed by atoms with E-state index in [4.69, 9.17) is 5.10 Å². The van der Waals surface area contributed by atoms with Gasteiger partial charge in [0.15, 0.2) is 0 Å². The first kappa shape index (κ1) is 23.6. The summed E-state index contributed by atoms with van der Waals surface area (Å²) in [4.78, 5) is 28.2. The van der Waals surface area contributed by atoms with Crippen LogP contribution in [0.1, 0.15) is 21.5 Å². The molecule has 0 saturated carbocycles. The molecule has 4 rings (SSSR count). The smallest absolute Gasteiger partial charge is 0.251 e. The highest BCUT2D eigenvalue weighted by Gasteiger charge is 2.13. The molecule has 0 fully saturated rings. The van der Waals surface area contributed by atoms with Crippen LogP contribution in [-0.2, 0) is 17.9 Å². The Hall–Kier alpha value is -4.59. The molecule has 176 valence electrons. The first-order valence-corrected chi connectivity index (χ1v) is 11.0. The van der Waals surface area contributed by atoms with Crippen LogP contribution < -0.4 is 10.6 Å². The Morgan fingerprint density at radius 2 is 1.89 bits per heavy atom. The highest BCUT2D eigenvalue weighted by molar-refractivity contribution is 5.94. The summed E-state index contributed by atoms with van der Waals surface area (Å²) < 4.78 is 15.2. The third kappa shape index (κ3) is 5.67. The second kappa shape index (κ2) is 10.6. The average molecular weight is 470 g/mol. The number of halogens is 1. The summed E-state index contributed by atoms with van der Waals surface area (Å²) in [6.07, 6.45) is 4.75. The van der Waals surface area contributed by atoms with Gasteiger partial charge in [-0.2, -0.15) is 5.10 Å². The van der Waals surface area contributed by atoms with Crippen molar-refractivity contribution in [2.75, 3.05) is 7.05 Å². The molecule has 0 aliphatic rings. The second-order valence-corrected chi connectivity index (χ2v) is 7.83. The van der Waals surface area contributed by atoms with Crippen molar-refractivity contribution < 1.29 is 14.0 Å². The van der Waals surface area contributed by atoms with Gasteiger partial charge in [0.25, 0.3) is 5.91 Å². The Morgan fingerprint density at radius 3 is 2.63 bits per heavy atom. The maximum atomic E-state index is 13.4. The van der Waals surface area contributed by atoms with Crippen molar-refractivity contribution in [3.8, 4) is 22.5 Å². The molecule has 0 atom stereocenters. The fourth-order valence-corrected chi connectivity index (χ4v) is 3.63. The van der Waals surface area contributed by atoms with E-state index in [9.17, 15) is 14.0 Å². The monoisotopic (exact) mass is 469 g/mol. The standard InChI is InChI=1S/C27H24FN5O2/c1-3-26(34)31-16-21-15-30-25(19-7-9-22(28)10-8-19)14-23(21)24-11-12-33(32-24)17-18-5-4-6-20(13-18)27(35)29-2/h3-15H,1,16-17H2,2H3,(H,29,35)(H,31,34). The van der Waals surface area contributed by atoms with E-state index in [1.165, 1.54) is 18.2 Å². The normalized spacial score (nSPS) is 10.6. The number of carbonyl (C=O) groups is 2. The van der Waals surface area contributed by atoms with Gasteiger partial charge in [0.1, 0.15) is 5.82 Å². The molecule has 4 aromatic rings. The summed E-state index contributed by atoms with van der Waals surface area (Å²) in [6.45, 7) is 4.20. The number of hydrogen-bond donors (Lipinski definition) is 2. The lowest BCUT2D eigenvalue weighted by molar-refractivity contribution is -0.116. The molecule has 0 aliphatic carbocycles. The van der Waals surface area contributed by atoms with E-state index >= 15 is 0 Å². The average Bonchev–Trinajstić information content (AvgIpc) is 3.35. The van der Waals surface area contributed by atoms with Crippen LogP contribution in [0.4, 0.5) is 4.39 Å². The third-order valence-corrected chi connectivity index (χ3v) is 5.44. The zero-order valence-electron chi connectivity index (χ0n) is 19.2. The summed E-state index contributed by atoms with van der Waals surface area (Å²) in [7, 11) is 1.60. The van der Waals surface area contributed by atoms with Gasteiger partial charge >= 0.3 is 0 Å². The number of aromatic nitrogens is 3. The predicted octanol–water partition coefficient (Wildman–Crippen LogP) is 3.96. The SMILES string of the molecule is C=CC(=O)NCc1cnc(-c2ccc(F)cc2)cc1-c1ccn(Cc2cccc(C(=O)NC)c2)n1. The van der Waals surface area contributed by atoms with Crippen molar-refractivity contribution in [2.45, 2.75) is 13.1 Å². The van der Waals surface area contributed by atoms with E-state index in [2.05, 4.69) is 22.2 Å². The van der Waals surface area contributed by atoms with Gasteiger partial charge in [-0.05, 0) is 65.7 Å². The molecule has 8 heteroatoms. The molecule has 2 aromatic carbocycles. The fourth-order valence-electron chi connectivity index (χ4n) is 3.63. The number of hydrogen-bond acceptors (Lipinski definition) is 4. The van der Waals surface area contributed by atoms with Gasteiger partial charge in [0.2, 0.25) is 5.91 Å². The molecule has 2 N–H and O–H groups in total. The van der Waals surface area contributed by atoms with Crippen molar-refractivity contribution in [3.63, 3.8) is 0 Å². The van der Waals surface area contributed by atoms with Crippen molar-refractivity contribution in [1.82, 2.24) is 25.4 Å². The highest BCUT2D eigenvalue weighted by atomic mass is 19.1. The Bertz CT molecular complexity index is 1380. The van der Waals surface area contributed by atoms with Gasteiger partial charge in [0, 0.05) is 42.7 Å². The summed E-state index contributed by atoms with van der Waals surface area (Å²) in [6, 6.07) is 17.2. The lowest BCUT2D eigenvalue weighted by Gasteiger charge is -2.11. The van der Waals surface area contributed by atoms with Crippen LogP contribution in [0.3, 0.4) is 0 Å². The third-order valence-electron chi connectivity index (χ3n) is 5.44. The van der Waals surface area contributed by atoms with Crippen LogP contribution in [0.2, 0.25) is 0 Å². The molecule has 0 saturated heterocycles. The van der Waals surface area contributed by atoms with Crippen LogP contribution in [-0.4, -0.2) is 33.6 Å². The number of amides is 2. The first-order chi connectivity index (χ1) is 17.0. The Labute approximate surface area is 202 Å². The summed E-state index contributed by atoms with van der Waals surface area (Å²) in [5.41, 5.74) is 5.20. The van der Waals surface area contributed by atoms with Gasteiger partial charge in [-0.25, -0.2) is 4.39 Å². The molecule has 2 amide bonds. The van der Waals surface area contributed by atoms with Crippen molar-refractivity contribution >= 4 is 11.8 Å². The van der Waals surface area contributed by atoms with Crippen LogP contribution in [0.25, 0.3) is 22.5 Å². The molecule has 35 heavy (non-hydrogen) atoms. The minimum absolute atomic E-state index is 0.149.